The summed E-state index contributed by atoms with van der Waals surface area (Å²) in [4.78, 5) is 4.12. The zero-order valence-electron chi connectivity index (χ0n) is 11.3. The number of thiazole rings is 1. The van der Waals surface area contributed by atoms with E-state index in [2.05, 4.69) is 21.7 Å². The number of nitrogens with zero attached hydrogens (tertiary/aromatic N) is 1. The lowest BCUT2D eigenvalue weighted by Crippen LogP contribution is -2.30. The summed E-state index contributed by atoms with van der Waals surface area (Å²) in [6.45, 7) is 3.41. The smallest absolute Gasteiger partial charge is 0.188 e. The Hall–Kier alpha value is -1.66. The van der Waals surface area contributed by atoms with Gasteiger partial charge in [-0.3, -0.25) is 0 Å². The fraction of sp³-hybridized carbons (Fsp3) is 0.286. The largest absolute Gasteiger partial charge is 0.494 e. The summed E-state index contributed by atoms with van der Waals surface area (Å²) >= 11 is 6.74. The molecule has 0 atom stereocenters. The second kappa shape index (κ2) is 7.81. The SMILES string of the molecule is CCOc1ccccc1CCNC(=S)Nc1nccs1. The molecule has 6 heteroatoms. The molecule has 20 heavy (non-hydrogen) atoms. The number of thiocarbonyl (C=S) groups is 1. The van der Waals surface area contributed by atoms with Gasteiger partial charge < -0.3 is 15.4 Å². The van der Waals surface area contributed by atoms with E-state index >= 15 is 0 Å². The van der Waals surface area contributed by atoms with Crippen LogP contribution >= 0.6 is 23.6 Å². The summed E-state index contributed by atoms with van der Waals surface area (Å²) in [6.07, 6.45) is 2.60. The third-order valence-electron chi connectivity index (χ3n) is 2.61. The Morgan fingerprint density at radius 1 is 1.40 bits per heavy atom. The summed E-state index contributed by atoms with van der Waals surface area (Å²) in [5, 5.41) is 9.52. The van der Waals surface area contributed by atoms with E-state index in [4.69, 9.17) is 17.0 Å². The predicted octanol–water partition coefficient (Wildman–Crippen LogP) is 3.07. The van der Waals surface area contributed by atoms with E-state index in [0.29, 0.717) is 11.7 Å². The van der Waals surface area contributed by atoms with Crippen LogP contribution in [0, 0.1) is 0 Å². The Labute approximate surface area is 128 Å². The Kier molecular flexibility index (Phi) is 5.76. The maximum atomic E-state index is 5.60. The fourth-order valence-electron chi connectivity index (χ4n) is 1.74. The van der Waals surface area contributed by atoms with E-state index < -0.39 is 0 Å². The van der Waals surface area contributed by atoms with Crippen LogP contribution in [0.3, 0.4) is 0 Å². The first kappa shape index (κ1) is 14.7. The van der Waals surface area contributed by atoms with Crippen LogP contribution in [0.15, 0.2) is 35.8 Å². The van der Waals surface area contributed by atoms with Gasteiger partial charge in [0.05, 0.1) is 6.61 Å². The molecule has 0 radical (unpaired) electrons. The first-order valence-electron chi connectivity index (χ1n) is 6.44. The minimum Gasteiger partial charge on any atom is -0.494 e. The van der Waals surface area contributed by atoms with Gasteiger partial charge in [-0.2, -0.15) is 0 Å². The van der Waals surface area contributed by atoms with Crippen molar-refractivity contribution in [3.05, 3.63) is 41.4 Å². The van der Waals surface area contributed by atoms with Crippen molar-refractivity contribution in [3.63, 3.8) is 0 Å². The number of benzene rings is 1. The molecule has 0 bridgehead atoms. The van der Waals surface area contributed by atoms with Gasteiger partial charge >= 0.3 is 0 Å². The number of anilines is 1. The molecule has 2 N–H and O–H groups in total. The minimum absolute atomic E-state index is 0.592. The van der Waals surface area contributed by atoms with Crippen LogP contribution in [0.25, 0.3) is 0 Å². The molecule has 106 valence electrons. The van der Waals surface area contributed by atoms with Gasteiger partial charge in [0.15, 0.2) is 10.2 Å². The number of hydrogen-bond acceptors (Lipinski definition) is 4. The molecule has 2 aromatic rings. The summed E-state index contributed by atoms with van der Waals surface area (Å²) in [5.74, 6) is 0.940. The summed E-state index contributed by atoms with van der Waals surface area (Å²) in [7, 11) is 0. The minimum atomic E-state index is 0.592. The Morgan fingerprint density at radius 2 is 2.25 bits per heavy atom. The average Bonchev–Trinajstić information content (AvgIpc) is 2.94. The van der Waals surface area contributed by atoms with E-state index in [1.807, 2.05) is 30.5 Å². The topological polar surface area (TPSA) is 46.2 Å². The lowest BCUT2D eigenvalue weighted by Gasteiger charge is -2.11. The van der Waals surface area contributed by atoms with Crippen LogP contribution in [0.4, 0.5) is 5.13 Å². The van der Waals surface area contributed by atoms with Gasteiger partial charge in [0.25, 0.3) is 0 Å². The highest BCUT2D eigenvalue weighted by Gasteiger charge is 2.03. The molecule has 0 amide bonds. The number of ether oxygens (including phenoxy) is 1. The molecule has 4 nitrogen and oxygen atoms in total. The number of hydrogen-bond donors (Lipinski definition) is 2. The van der Waals surface area contributed by atoms with Gasteiger partial charge in [0.2, 0.25) is 0 Å². The summed E-state index contributed by atoms with van der Waals surface area (Å²) < 4.78 is 5.60. The number of para-hydroxylation sites is 1. The number of aromatic nitrogens is 1. The van der Waals surface area contributed by atoms with Gasteiger partial charge in [-0.1, -0.05) is 18.2 Å². The molecule has 0 unspecified atom stereocenters. The number of rotatable bonds is 6. The Morgan fingerprint density at radius 3 is 3.00 bits per heavy atom. The molecule has 2 rings (SSSR count). The third-order valence-corrected chi connectivity index (χ3v) is 3.54. The fourth-order valence-corrected chi connectivity index (χ4v) is 2.54. The molecule has 1 aromatic carbocycles. The highest BCUT2D eigenvalue weighted by atomic mass is 32.1. The van der Waals surface area contributed by atoms with Crippen molar-refractivity contribution in [2.24, 2.45) is 0 Å². The monoisotopic (exact) mass is 307 g/mol. The van der Waals surface area contributed by atoms with E-state index in [9.17, 15) is 0 Å². The molecule has 0 aliphatic heterocycles. The van der Waals surface area contributed by atoms with Gasteiger partial charge in [-0.05, 0) is 37.2 Å². The van der Waals surface area contributed by atoms with Gasteiger partial charge in [-0.25, -0.2) is 4.98 Å². The zero-order chi connectivity index (χ0) is 14.2. The maximum Gasteiger partial charge on any atom is 0.188 e. The van der Waals surface area contributed by atoms with E-state index in [0.717, 1.165) is 23.8 Å². The van der Waals surface area contributed by atoms with E-state index in [1.54, 1.807) is 6.20 Å². The first-order valence-corrected chi connectivity index (χ1v) is 7.73. The quantitative estimate of drug-likeness (QED) is 0.803. The average molecular weight is 307 g/mol. The molecular formula is C14H17N3OS2. The highest BCUT2D eigenvalue weighted by Crippen LogP contribution is 2.18. The lowest BCUT2D eigenvalue weighted by atomic mass is 10.1. The van der Waals surface area contributed by atoms with E-state index in [1.165, 1.54) is 16.9 Å². The normalized spacial score (nSPS) is 10.1. The summed E-state index contributed by atoms with van der Waals surface area (Å²) in [6, 6.07) is 8.06. The molecular weight excluding hydrogens is 290 g/mol. The Balaban J connectivity index is 1.79. The molecule has 0 saturated heterocycles. The molecule has 0 saturated carbocycles. The van der Waals surface area contributed by atoms with Crippen molar-refractivity contribution in [2.45, 2.75) is 13.3 Å². The van der Waals surface area contributed by atoms with Crippen molar-refractivity contribution in [2.75, 3.05) is 18.5 Å². The molecule has 0 aliphatic carbocycles. The highest BCUT2D eigenvalue weighted by molar-refractivity contribution is 7.80. The molecule has 0 spiro atoms. The van der Waals surface area contributed by atoms with Crippen molar-refractivity contribution >= 4 is 33.8 Å². The van der Waals surface area contributed by atoms with Crippen LogP contribution in [0.2, 0.25) is 0 Å². The Bertz CT molecular complexity index is 543. The van der Waals surface area contributed by atoms with Crippen molar-refractivity contribution in [1.82, 2.24) is 10.3 Å². The molecule has 0 aliphatic rings. The molecule has 0 fully saturated rings. The maximum absolute atomic E-state index is 5.60. The second-order valence-corrected chi connectivity index (χ2v) is 5.31. The van der Waals surface area contributed by atoms with Gasteiger partial charge in [-0.15, -0.1) is 11.3 Å². The molecule has 1 heterocycles. The number of nitrogens with one attached hydrogen (secondary N) is 2. The van der Waals surface area contributed by atoms with Gasteiger partial charge in [0, 0.05) is 18.1 Å². The van der Waals surface area contributed by atoms with Crippen LogP contribution < -0.4 is 15.4 Å². The van der Waals surface area contributed by atoms with Crippen molar-refractivity contribution < 1.29 is 4.74 Å². The van der Waals surface area contributed by atoms with Gasteiger partial charge in [0.1, 0.15) is 5.75 Å². The summed E-state index contributed by atoms with van der Waals surface area (Å²) in [5.41, 5.74) is 1.18. The van der Waals surface area contributed by atoms with Crippen LogP contribution in [0.1, 0.15) is 12.5 Å². The second-order valence-electron chi connectivity index (χ2n) is 4.01. The third kappa shape index (κ3) is 4.47. The van der Waals surface area contributed by atoms with Crippen LogP contribution in [-0.2, 0) is 6.42 Å². The predicted molar refractivity (Wildman–Crippen MR) is 87.7 cm³/mol. The van der Waals surface area contributed by atoms with Crippen LogP contribution in [0.5, 0.6) is 5.75 Å². The first-order chi connectivity index (χ1) is 9.79. The van der Waals surface area contributed by atoms with E-state index in [-0.39, 0.29) is 0 Å². The standard InChI is InChI=1S/C14H17N3OS2/c1-2-18-12-6-4-3-5-11(12)7-8-15-13(19)17-14-16-9-10-20-14/h3-6,9-10H,2,7-8H2,1H3,(H2,15,16,17,19). The van der Waals surface area contributed by atoms with Crippen molar-refractivity contribution in [1.29, 1.82) is 0 Å². The zero-order valence-corrected chi connectivity index (χ0v) is 12.9. The lowest BCUT2D eigenvalue weighted by molar-refractivity contribution is 0.336. The van der Waals surface area contributed by atoms with Crippen molar-refractivity contribution in [3.8, 4) is 5.75 Å². The van der Waals surface area contributed by atoms with Crippen LogP contribution in [-0.4, -0.2) is 23.2 Å². The molecule has 1 aromatic heterocycles.